The lowest BCUT2D eigenvalue weighted by molar-refractivity contribution is -0.141. The third-order valence-electron chi connectivity index (χ3n) is 5.50. The molecule has 0 fully saturated rings. The van der Waals surface area contributed by atoms with Crippen molar-refractivity contribution < 1.29 is 33.3 Å². The maximum atomic E-state index is 13.3. The number of hydrogen-bond acceptors (Lipinski definition) is 7. The van der Waals surface area contributed by atoms with Crippen LogP contribution in [0.3, 0.4) is 0 Å². The first-order valence-corrected chi connectivity index (χ1v) is 10.1. The largest absolute Gasteiger partial charge is 0.497 e. The molecule has 172 valence electrons. The van der Waals surface area contributed by atoms with E-state index in [0.717, 1.165) is 11.1 Å². The van der Waals surface area contributed by atoms with E-state index in [-0.39, 0.29) is 12.5 Å². The molecular formula is C23H28N2O7. The first-order chi connectivity index (χ1) is 15.4. The molecule has 1 aliphatic heterocycles. The minimum atomic E-state index is -0.539. The molecule has 0 aromatic heterocycles. The smallest absolute Gasteiger partial charge is 0.322 e. The van der Waals surface area contributed by atoms with Crippen LogP contribution in [0.4, 0.5) is 10.5 Å². The molecule has 2 aromatic rings. The SMILES string of the molecule is COC(=O)CC1c2cc(OC)c(OC)cc2CCN1C(=O)Nc1cc(OC)ccc1OC. The van der Waals surface area contributed by atoms with Gasteiger partial charge in [0.15, 0.2) is 11.5 Å². The monoisotopic (exact) mass is 444 g/mol. The number of carbonyl (C=O) groups is 2. The van der Waals surface area contributed by atoms with Gasteiger partial charge in [0, 0.05) is 12.6 Å². The standard InChI is InChI=1S/C23H28N2O7/c1-28-15-6-7-19(29-2)17(11-15)24-23(27)25-9-8-14-10-20(30-3)21(31-4)12-16(14)18(25)13-22(26)32-5/h6-7,10-12,18H,8-9,13H2,1-5H3,(H,24,27). The van der Waals surface area contributed by atoms with E-state index in [2.05, 4.69) is 5.32 Å². The molecule has 0 saturated carbocycles. The van der Waals surface area contributed by atoms with Gasteiger partial charge in [-0.15, -0.1) is 0 Å². The van der Waals surface area contributed by atoms with Crippen LogP contribution in [-0.2, 0) is 16.0 Å². The molecule has 1 aliphatic rings. The van der Waals surface area contributed by atoms with E-state index in [9.17, 15) is 9.59 Å². The highest BCUT2D eigenvalue weighted by molar-refractivity contribution is 5.92. The zero-order chi connectivity index (χ0) is 23.3. The van der Waals surface area contributed by atoms with Crippen molar-refractivity contribution in [1.29, 1.82) is 0 Å². The molecule has 9 heteroatoms. The molecule has 1 heterocycles. The van der Waals surface area contributed by atoms with E-state index in [1.807, 2.05) is 12.1 Å². The Morgan fingerprint density at radius 1 is 0.938 bits per heavy atom. The Morgan fingerprint density at radius 3 is 2.25 bits per heavy atom. The Kier molecular flexibility index (Phi) is 7.29. The summed E-state index contributed by atoms with van der Waals surface area (Å²) in [4.78, 5) is 27.1. The summed E-state index contributed by atoms with van der Waals surface area (Å²) in [6.07, 6.45) is 0.595. The summed E-state index contributed by atoms with van der Waals surface area (Å²) in [6.45, 7) is 0.405. The van der Waals surface area contributed by atoms with Gasteiger partial charge in [-0.1, -0.05) is 0 Å². The Hall–Kier alpha value is -3.62. The summed E-state index contributed by atoms with van der Waals surface area (Å²) in [5.74, 6) is 1.77. The van der Waals surface area contributed by atoms with E-state index in [4.69, 9.17) is 23.7 Å². The average Bonchev–Trinajstić information content (AvgIpc) is 2.82. The lowest BCUT2D eigenvalue weighted by Crippen LogP contribution is -2.43. The van der Waals surface area contributed by atoms with Crippen molar-refractivity contribution >= 4 is 17.7 Å². The number of anilines is 1. The molecule has 0 spiro atoms. The highest BCUT2D eigenvalue weighted by atomic mass is 16.5. The maximum Gasteiger partial charge on any atom is 0.322 e. The number of amides is 2. The molecule has 0 saturated heterocycles. The number of carbonyl (C=O) groups excluding carboxylic acids is 2. The third-order valence-corrected chi connectivity index (χ3v) is 5.50. The fourth-order valence-corrected chi connectivity index (χ4v) is 3.83. The van der Waals surface area contributed by atoms with Gasteiger partial charge < -0.3 is 33.9 Å². The zero-order valence-electron chi connectivity index (χ0n) is 18.9. The van der Waals surface area contributed by atoms with E-state index < -0.39 is 12.0 Å². The highest BCUT2D eigenvalue weighted by Gasteiger charge is 2.34. The topological polar surface area (TPSA) is 95.6 Å². The molecule has 0 aliphatic carbocycles. The van der Waals surface area contributed by atoms with Crippen LogP contribution in [0.2, 0.25) is 0 Å². The van der Waals surface area contributed by atoms with E-state index in [0.29, 0.717) is 41.7 Å². The van der Waals surface area contributed by atoms with Gasteiger partial charge in [0.25, 0.3) is 0 Å². The minimum Gasteiger partial charge on any atom is -0.497 e. The highest BCUT2D eigenvalue weighted by Crippen LogP contribution is 2.40. The van der Waals surface area contributed by atoms with Crippen LogP contribution in [0, 0.1) is 0 Å². The van der Waals surface area contributed by atoms with Gasteiger partial charge in [0.1, 0.15) is 11.5 Å². The van der Waals surface area contributed by atoms with E-state index in [1.165, 1.54) is 14.2 Å². The first kappa shape index (κ1) is 23.1. The Bertz CT molecular complexity index is 993. The Morgan fingerprint density at radius 2 is 1.62 bits per heavy atom. The van der Waals surface area contributed by atoms with Crippen LogP contribution in [0.15, 0.2) is 30.3 Å². The van der Waals surface area contributed by atoms with Crippen LogP contribution < -0.4 is 24.3 Å². The molecule has 3 rings (SSSR count). The molecule has 2 aromatic carbocycles. The number of fused-ring (bicyclic) bond motifs is 1. The van der Waals surface area contributed by atoms with Gasteiger partial charge in [0.2, 0.25) is 0 Å². The molecule has 1 atom stereocenters. The fraction of sp³-hybridized carbons (Fsp3) is 0.391. The summed E-state index contributed by atoms with van der Waals surface area (Å²) in [5, 5.41) is 2.88. The molecule has 0 bridgehead atoms. The maximum absolute atomic E-state index is 13.3. The molecule has 9 nitrogen and oxygen atoms in total. The number of ether oxygens (including phenoxy) is 5. The predicted octanol–water partition coefficient (Wildman–Crippen LogP) is 3.42. The fourth-order valence-electron chi connectivity index (χ4n) is 3.83. The number of rotatable bonds is 7. The van der Waals surface area contributed by atoms with Crippen molar-refractivity contribution in [1.82, 2.24) is 4.90 Å². The van der Waals surface area contributed by atoms with Crippen molar-refractivity contribution in [2.75, 3.05) is 47.4 Å². The number of hydrogen-bond donors (Lipinski definition) is 1. The van der Waals surface area contributed by atoms with Crippen molar-refractivity contribution in [2.24, 2.45) is 0 Å². The number of urea groups is 1. The van der Waals surface area contributed by atoms with Gasteiger partial charge in [-0.05, 0) is 41.8 Å². The summed E-state index contributed by atoms with van der Waals surface area (Å²) in [7, 11) is 7.51. The number of esters is 1. The second kappa shape index (κ2) is 10.1. The molecule has 32 heavy (non-hydrogen) atoms. The Balaban J connectivity index is 1.97. The van der Waals surface area contributed by atoms with Gasteiger partial charge in [-0.2, -0.15) is 0 Å². The number of nitrogens with one attached hydrogen (secondary N) is 1. The van der Waals surface area contributed by atoms with Crippen LogP contribution in [0.25, 0.3) is 0 Å². The van der Waals surface area contributed by atoms with Crippen molar-refractivity contribution in [3.05, 3.63) is 41.5 Å². The molecular weight excluding hydrogens is 416 g/mol. The van der Waals surface area contributed by atoms with Crippen LogP contribution in [0.1, 0.15) is 23.6 Å². The second-order valence-electron chi connectivity index (χ2n) is 7.14. The van der Waals surface area contributed by atoms with Crippen molar-refractivity contribution in [2.45, 2.75) is 18.9 Å². The molecule has 1 unspecified atom stereocenters. The van der Waals surface area contributed by atoms with Crippen LogP contribution in [0.5, 0.6) is 23.0 Å². The molecule has 1 N–H and O–H groups in total. The summed E-state index contributed by atoms with van der Waals surface area (Å²) >= 11 is 0. The number of benzene rings is 2. The summed E-state index contributed by atoms with van der Waals surface area (Å²) < 4.78 is 26.4. The van der Waals surface area contributed by atoms with Crippen LogP contribution in [-0.4, -0.2) is 59.0 Å². The number of nitrogens with zero attached hydrogens (tertiary/aromatic N) is 1. The normalized spacial score (nSPS) is 14.8. The van der Waals surface area contributed by atoms with Gasteiger partial charge in [-0.25, -0.2) is 4.79 Å². The number of methoxy groups -OCH3 is 5. The molecule has 2 amide bonds. The minimum absolute atomic E-state index is 0.00164. The predicted molar refractivity (Wildman–Crippen MR) is 118 cm³/mol. The first-order valence-electron chi connectivity index (χ1n) is 10.1. The summed E-state index contributed by atoms with van der Waals surface area (Å²) in [6, 6.07) is 7.92. The summed E-state index contributed by atoms with van der Waals surface area (Å²) in [5.41, 5.74) is 2.26. The van der Waals surface area contributed by atoms with Crippen molar-refractivity contribution in [3.63, 3.8) is 0 Å². The third kappa shape index (κ3) is 4.66. The van der Waals surface area contributed by atoms with Gasteiger partial charge in [0.05, 0.1) is 53.7 Å². The van der Waals surface area contributed by atoms with E-state index >= 15 is 0 Å². The van der Waals surface area contributed by atoms with Crippen molar-refractivity contribution in [3.8, 4) is 23.0 Å². The lowest BCUT2D eigenvalue weighted by atomic mass is 9.90. The second-order valence-corrected chi connectivity index (χ2v) is 7.14. The lowest BCUT2D eigenvalue weighted by Gasteiger charge is -2.37. The van der Waals surface area contributed by atoms with Crippen LogP contribution >= 0.6 is 0 Å². The van der Waals surface area contributed by atoms with E-state index in [1.54, 1.807) is 44.4 Å². The van der Waals surface area contributed by atoms with Gasteiger partial charge in [-0.3, -0.25) is 4.79 Å². The Labute approximate surface area is 187 Å². The van der Waals surface area contributed by atoms with Gasteiger partial charge >= 0.3 is 12.0 Å². The zero-order valence-corrected chi connectivity index (χ0v) is 18.9. The molecule has 0 radical (unpaired) electrons. The average molecular weight is 444 g/mol. The quantitative estimate of drug-likeness (QED) is 0.654.